The number of ether oxygens (including phenoxy) is 1. The van der Waals surface area contributed by atoms with E-state index in [1.807, 2.05) is 0 Å². The molecule has 10 heteroatoms. The van der Waals surface area contributed by atoms with Gasteiger partial charge in [-0.2, -0.15) is 0 Å². The Balaban J connectivity index is 2.18. The van der Waals surface area contributed by atoms with Crippen molar-refractivity contribution in [3.05, 3.63) is 58.9 Å². The van der Waals surface area contributed by atoms with Crippen molar-refractivity contribution in [2.45, 2.75) is 31.3 Å². The number of nitrogens with zero attached hydrogens (tertiary/aromatic N) is 1. The Bertz CT molecular complexity index is 1030. The molecule has 0 bridgehead atoms. The highest BCUT2D eigenvalue weighted by molar-refractivity contribution is 7.92. The molecule has 162 valence electrons. The SMILES string of the molecule is CC(C)OC(=O)CCNC(=O)c1cc(S(=O)(=O)N(C)c2ccc(F)cc2)ccc1Cl. The van der Waals surface area contributed by atoms with E-state index in [0.29, 0.717) is 0 Å². The number of carbonyl (C=O) groups is 2. The maximum Gasteiger partial charge on any atom is 0.307 e. The number of rotatable bonds is 8. The van der Waals surface area contributed by atoms with Crippen molar-refractivity contribution >= 4 is 39.2 Å². The summed E-state index contributed by atoms with van der Waals surface area (Å²) < 4.78 is 44.9. The van der Waals surface area contributed by atoms with E-state index in [2.05, 4.69) is 5.32 Å². The molecule has 0 saturated heterocycles. The molecule has 0 aliphatic carbocycles. The number of amides is 1. The van der Waals surface area contributed by atoms with Crippen LogP contribution in [-0.2, 0) is 19.6 Å². The van der Waals surface area contributed by atoms with E-state index in [9.17, 15) is 22.4 Å². The number of nitrogens with one attached hydrogen (secondary N) is 1. The maximum atomic E-state index is 13.1. The minimum atomic E-state index is -4.03. The fourth-order valence-electron chi connectivity index (χ4n) is 2.48. The predicted octanol–water partition coefficient (Wildman–Crippen LogP) is 3.38. The van der Waals surface area contributed by atoms with Crippen LogP contribution in [0.2, 0.25) is 5.02 Å². The van der Waals surface area contributed by atoms with E-state index >= 15 is 0 Å². The van der Waals surface area contributed by atoms with E-state index in [1.54, 1.807) is 13.8 Å². The van der Waals surface area contributed by atoms with Gasteiger partial charge in [0.25, 0.3) is 15.9 Å². The third-order valence-electron chi connectivity index (χ3n) is 4.01. The van der Waals surface area contributed by atoms with Gasteiger partial charge in [0.2, 0.25) is 0 Å². The lowest BCUT2D eigenvalue weighted by molar-refractivity contribution is -0.147. The highest BCUT2D eigenvalue weighted by atomic mass is 35.5. The maximum absolute atomic E-state index is 13.1. The highest BCUT2D eigenvalue weighted by Gasteiger charge is 2.24. The van der Waals surface area contributed by atoms with Crippen LogP contribution in [0.5, 0.6) is 0 Å². The van der Waals surface area contributed by atoms with Gasteiger partial charge in [-0.25, -0.2) is 12.8 Å². The van der Waals surface area contributed by atoms with Gasteiger partial charge < -0.3 is 10.1 Å². The van der Waals surface area contributed by atoms with Crippen molar-refractivity contribution in [3.8, 4) is 0 Å². The number of esters is 1. The zero-order chi connectivity index (χ0) is 22.5. The van der Waals surface area contributed by atoms with Gasteiger partial charge in [-0.1, -0.05) is 11.6 Å². The molecule has 7 nitrogen and oxygen atoms in total. The molecule has 0 radical (unpaired) electrons. The van der Waals surface area contributed by atoms with E-state index in [4.69, 9.17) is 16.3 Å². The lowest BCUT2D eigenvalue weighted by atomic mass is 10.2. The number of sulfonamides is 1. The average molecular weight is 457 g/mol. The second-order valence-electron chi connectivity index (χ2n) is 6.64. The van der Waals surface area contributed by atoms with Gasteiger partial charge in [0.1, 0.15) is 5.82 Å². The summed E-state index contributed by atoms with van der Waals surface area (Å²) in [6, 6.07) is 8.67. The fraction of sp³-hybridized carbons (Fsp3) is 0.300. The minimum absolute atomic E-state index is 0.00712. The molecule has 30 heavy (non-hydrogen) atoms. The molecular formula is C20H22ClFN2O5S. The van der Waals surface area contributed by atoms with Crippen molar-refractivity contribution in [1.29, 1.82) is 0 Å². The summed E-state index contributed by atoms with van der Waals surface area (Å²) in [4.78, 5) is 23.8. The Morgan fingerprint density at radius 2 is 1.80 bits per heavy atom. The summed E-state index contributed by atoms with van der Waals surface area (Å²) in [5.41, 5.74) is 0.198. The zero-order valence-electron chi connectivity index (χ0n) is 16.7. The first-order valence-electron chi connectivity index (χ1n) is 9.04. The number of hydrogen-bond donors (Lipinski definition) is 1. The van der Waals surface area contributed by atoms with Crippen molar-refractivity contribution in [2.75, 3.05) is 17.9 Å². The monoisotopic (exact) mass is 456 g/mol. The summed E-state index contributed by atoms with van der Waals surface area (Å²) in [6.45, 7) is 3.43. The quantitative estimate of drug-likeness (QED) is 0.615. The summed E-state index contributed by atoms with van der Waals surface area (Å²) >= 11 is 6.06. The van der Waals surface area contributed by atoms with Crippen LogP contribution in [0.15, 0.2) is 47.4 Å². The standard InChI is InChI=1S/C20H22ClFN2O5S/c1-13(2)29-19(25)10-11-23-20(26)17-12-16(8-9-18(17)21)30(27,28)24(3)15-6-4-14(22)5-7-15/h4-9,12-13H,10-11H2,1-3H3,(H,23,26). The average Bonchev–Trinajstić information content (AvgIpc) is 2.67. The van der Waals surface area contributed by atoms with E-state index < -0.39 is 27.7 Å². The molecule has 1 amide bonds. The Kier molecular flexibility index (Phi) is 7.80. The van der Waals surface area contributed by atoms with Crippen LogP contribution in [0, 0.1) is 5.82 Å². The van der Waals surface area contributed by atoms with Crippen LogP contribution in [-0.4, -0.2) is 40.0 Å². The lowest BCUT2D eigenvalue weighted by Crippen LogP contribution is -2.29. The largest absolute Gasteiger partial charge is 0.463 e. The molecule has 0 aromatic heterocycles. The Labute approximate surface area is 179 Å². The van der Waals surface area contributed by atoms with Gasteiger partial charge in [0, 0.05) is 13.6 Å². The Morgan fingerprint density at radius 1 is 1.17 bits per heavy atom. The van der Waals surface area contributed by atoms with E-state index in [0.717, 1.165) is 22.5 Å². The number of benzene rings is 2. The number of carbonyl (C=O) groups excluding carboxylic acids is 2. The lowest BCUT2D eigenvalue weighted by Gasteiger charge is -2.20. The molecule has 2 aromatic carbocycles. The topological polar surface area (TPSA) is 92.8 Å². The Morgan fingerprint density at radius 3 is 2.40 bits per heavy atom. The summed E-state index contributed by atoms with van der Waals surface area (Å²) in [6.07, 6.45) is -0.296. The highest BCUT2D eigenvalue weighted by Crippen LogP contribution is 2.26. The fourth-order valence-corrected chi connectivity index (χ4v) is 3.91. The normalized spacial score (nSPS) is 11.3. The van der Waals surface area contributed by atoms with Crippen LogP contribution in [0.3, 0.4) is 0 Å². The van der Waals surface area contributed by atoms with Gasteiger partial charge in [0.15, 0.2) is 0 Å². The molecule has 0 aliphatic heterocycles. The second-order valence-corrected chi connectivity index (χ2v) is 9.01. The first kappa shape index (κ1) is 23.6. The van der Waals surface area contributed by atoms with Gasteiger partial charge >= 0.3 is 5.97 Å². The summed E-state index contributed by atoms with van der Waals surface area (Å²) in [5, 5.41) is 2.57. The van der Waals surface area contributed by atoms with Gasteiger partial charge in [0.05, 0.1) is 33.7 Å². The first-order chi connectivity index (χ1) is 14.0. The smallest absolute Gasteiger partial charge is 0.307 e. The van der Waals surface area contributed by atoms with Crippen molar-refractivity contribution in [2.24, 2.45) is 0 Å². The van der Waals surface area contributed by atoms with Gasteiger partial charge in [-0.05, 0) is 56.3 Å². The second kappa shape index (κ2) is 9.90. The van der Waals surface area contributed by atoms with Crippen LogP contribution < -0.4 is 9.62 Å². The summed E-state index contributed by atoms with van der Waals surface area (Å²) in [7, 11) is -2.71. The molecular weight excluding hydrogens is 435 g/mol. The molecule has 0 saturated carbocycles. The third-order valence-corrected chi connectivity index (χ3v) is 6.12. The molecule has 0 fully saturated rings. The zero-order valence-corrected chi connectivity index (χ0v) is 18.3. The van der Waals surface area contributed by atoms with Crippen molar-refractivity contribution < 1.29 is 27.1 Å². The number of anilines is 1. The summed E-state index contributed by atoms with van der Waals surface area (Å²) in [5.74, 6) is -1.58. The molecule has 2 rings (SSSR count). The first-order valence-corrected chi connectivity index (χ1v) is 10.9. The Hall–Kier alpha value is -2.65. The third kappa shape index (κ3) is 5.93. The van der Waals surface area contributed by atoms with Gasteiger partial charge in [-0.3, -0.25) is 13.9 Å². The van der Waals surface area contributed by atoms with Crippen LogP contribution in [0.1, 0.15) is 30.6 Å². The minimum Gasteiger partial charge on any atom is -0.463 e. The molecule has 0 spiro atoms. The molecule has 1 N–H and O–H groups in total. The number of halogens is 2. The molecule has 0 aliphatic rings. The van der Waals surface area contributed by atoms with E-state index in [1.165, 1.54) is 31.3 Å². The van der Waals surface area contributed by atoms with Crippen molar-refractivity contribution in [1.82, 2.24) is 5.32 Å². The van der Waals surface area contributed by atoms with Gasteiger partial charge in [-0.15, -0.1) is 0 Å². The van der Waals surface area contributed by atoms with Crippen LogP contribution >= 0.6 is 11.6 Å². The number of hydrogen-bond acceptors (Lipinski definition) is 5. The van der Waals surface area contributed by atoms with E-state index in [-0.39, 0.29) is 40.2 Å². The van der Waals surface area contributed by atoms with Crippen LogP contribution in [0.25, 0.3) is 0 Å². The predicted molar refractivity (Wildman–Crippen MR) is 112 cm³/mol. The molecule has 0 unspecified atom stereocenters. The molecule has 0 heterocycles. The van der Waals surface area contributed by atoms with Crippen LogP contribution in [0.4, 0.5) is 10.1 Å². The molecule has 0 atom stereocenters. The van der Waals surface area contributed by atoms with Crippen molar-refractivity contribution in [3.63, 3.8) is 0 Å². The molecule has 2 aromatic rings.